The van der Waals surface area contributed by atoms with Crippen molar-refractivity contribution in [3.05, 3.63) is 46.2 Å². The summed E-state index contributed by atoms with van der Waals surface area (Å²) >= 11 is 1.34. The summed E-state index contributed by atoms with van der Waals surface area (Å²) in [6.45, 7) is 0. The van der Waals surface area contributed by atoms with E-state index >= 15 is 0 Å². The van der Waals surface area contributed by atoms with Crippen LogP contribution in [0.2, 0.25) is 0 Å². The Morgan fingerprint density at radius 2 is 2.10 bits per heavy atom. The molecule has 21 heavy (non-hydrogen) atoms. The van der Waals surface area contributed by atoms with Crippen molar-refractivity contribution in [2.24, 2.45) is 5.10 Å². The largest absolute Gasteiger partial charge is 0.493 e. The van der Waals surface area contributed by atoms with E-state index in [-0.39, 0.29) is 0 Å². The Morgan fingerprint density at radius 3 is 2.71 bits per heavy atom. The molecule has 6 heteroatoms. The lowest BCUT2D eigenvalue weighted by atomic mass is 10.2. The molecule has 2 rings (SSSR count). The quantitative estimate of drug-likeness (QED) is 0.369. The molecule has 0 saturated carbocycles. The SMILES string of the molecule is COc1cc(C=NN(C)C)ccc1OC(=O)c1cccs1. The van der Waals surface area contributed by atoms with Crippen LogP contribution in [0.1, 0.15) is 15.2 Å². The summed E-state index contributed by atoms with van der Waals surface area (Å²) in [6.07, 6.45) is 1.70. The van der Waals surface area contributed by atoms with E-state index in [4.69, 9.17) is 9.47 Å². The summed E-state index contributed by atoms with van der Waals surface area (Å²) < 4.78 is 10.6. The van der Waals surface area contributed by atoms with E-state index in [1.807, 2.05) is 25.5 Å². The van der Waals surface area contributed by atoms with Gasteiger partial charge in [0.2, 0.25) is 0 Å². The van der Waals surface area contributed by atoms with Crippen LogP contribution in [-0.4, -0.2) is 38.4 Å². The Bertz CT molecular complexity index is 636. The second-order valence-corrected chi connectivity index (χ2v) is 5.32. The maximum absolute atomic E-state index is 11.9. The zero-order valence-corrected chi connectivity index (χ0v) is 12.9. The van der Waals surface area contributed by atoms with E-state index in [2.05, 4.69) is 5.10 Å². The smallest absolute Gasteiger partial charge is 0.353 e. The second-order valence-electron chi connectivity index (χ2n) is 4.37. The van der Waals surface area contributed by atoms with E-state index in [1.54, 1.807) is 35.5 Å². The van der Waals surface area contributed by atoms with Gasteiger partial charge in [-0.05, 0) is 35.2 Å². The van der Waals surface area contributed by atoms with E-state index in [1.165, 1.54) is 18.4 Å². The number of hydrogen-bond acceptors (Lipinski definition) is 6. The van der Waals surface area contributed by atoms with Crippen molar-refractivity contribution in [2.75, 3.05) is 21.2 Å². The summed E-state index contributed by atoms with van der Waals surface area (Å²) in [7, 11) is 5.21. The first kappa shape index (κ1) is 15.1. The highest BCUT2D eigenvalue weighted by Crippen LogP contribution is 2.28. The standard InChI is InChI=1S/C15H16N2O3S/c1-17(2)16-10-11-6-7-12(13(9-11)19-3)20-15(18)14-5-4-8-21-14/h4-10H,1-3H3. The zero-order valence-electron chi connectivity index (χ0n) is 12.1. The third-order valence-corrected chi connectivity index (χ3v) is 3.40. The van der Waals surface area contributed by atoms with Gasteiger partial charge in [0.15, 0.2) is 11.5 Å². The van der Waals surface area contributed by atoms with Crippen LogP contribution in [0.5, 0.6) is 11.5 Å². The number of methoxy groups -OCH3 is 1. The van der Waals surface area contributed by atoms with Gasteiger partial charge >= 0.3 is 5.97 Å². The van der Waals surface area contributed by atoms with Gasteiger partial charge in [0.1, 0.15) is 4.88 Å². The van der Waals surface area contributed by atoms with Gasteiger partial charge in [0.25, 0.3) is 0 Å². The predicted molar refractivity (Wildman–Crippen MR) is 83.6 cm³/mol. The van der Waals surface area contributed by atoms with Crippen molar-refractivity contribution in [1.82, 2.24) is 5.01 Å². The van der Waals surface area contributed by atoms with Crippen molar-refractivity contribution in [3.63, 3.8) is 0 Å². The molecule has 0 radical (unpaired) electrons. The number of hydrogen-bond donors (Lipinski definition) is 0. The van der Waals surface area contributed by atoms with Gasteiger partial charge in [-0.15, -0.1) is 11.3 Å². The first-order valence-corrected chi connectivity index (χ1v) is 7.13. The molecule has 2 aromatic rings. The number of ether oxygens (including phenoxy) is 2. The molecule has 0 saturated heterocycles. The van der Waals surface area contributed by atoms with Crippen LogP contribution >= 0.6 is 11.3 Å². The fourth-order valence-corrected chi connectivity index (χ4v) is 2.17. The van der Waals surface area contributed by atoms with Crippen molar-refractivity contribution in [2.45, 2.75) is 0 Å². The molecule has 1 aromatic heterocycles. The number of nitrogens with zero attached hydrogens (tertiary/aromatic N) is 2. The van der Waals surface area contributed by atoms with E-state index in [0.29, 0.717) is 16.4 Å². The topological polar surface area (TPSA) is 51.1 Å². The van der Waals surface area contributed by atoms with Crippen molar-refractivity contribution in [3.8, 4) is 11.5 Å². The molecule has 0 aliphatic rings. The minimum atomic E-state index is -0.391. The maximum atomic E-state index is 11.9. The molecule has 0 N–H and O–H groups in total. The Labute approximate surface area is 127 Å². The zero-order chi connectivity index (χ0) is 15.2. The van der Waals surface area contributed by atoms with Crippen LogP contribution in [0, 0.1) is 0 Å². The number of thiophene rings is 1. The second kappa shape index (κ2) is 6.90. The van der Waals surface area contributed by atoms with Crippen LogP contribution in [0.3, 0.4) is 0 Å². The lowest BCUT2D eigenvalue weighted by molar-refractivity contribution is 0.0735. The van der Waals surface area contributed by atoms with Gasteiger partial charge < -0.3 is 14.5 Å². The number of rotatable bonds is 5. The Morgan fingerprint density at radius 1 is 1.29 bits per heavy atom. The van der Waals surface area contributed by atoms with Crippen LogP contribution in [0.25, 0.3) is 0 Å². The van der Waals surface area contributed by atoms with E-state index in [9.17, 15) is 4.79 Å². The predicted octanol–water partition coefficient (Wildman–Crippen LogP) is 2.87. The molecular weight excluding hydrogens is 288 g/mol. The first-order valence-electron chi connectivity index (χ1n) is 6.25. The first-order chi connectivity index (χ1) is 10.1. The summed E-state index contributed by atoms with van der Waals surface area (Å²) in [4.78, 5) is 12.5. The van der Waals surface area contributed by atoms with E-state index in [0.717, 1.165) is 5.56 Å². The number of benzene rings is 1. The fourth-order valence-electron chi connectivity index (χ4n) is 1.58. The highest BCUT2D eigenvalue weighted by molar-refractivity contribution is 7.12. The fraction of sp³-hybridized carbons (Fsp3) is 0.200. The van der Waals surface area contributed by atoms with Gasteiger partial charge in [-0.1, -0.05) is 6.07 Å². The minimum Gasteiger partial charge on any atom is -0.493 e. The molecule has 0 spiro atoms. The molecule has 0 bridgehead atoms. The summed E-state index contributed by atoms with van der Waals surface area (Å²) in [5.41, 5.74) is 0.858. The van der Waals surface area contributed by atoms with Crippen LogP contribution < -0.4 is 9.47 Å². The van der Waals surface area contributed by atoms with Crippen molar-refractivity contribution < 1.29 is 14.3 Å². The lowest BCUT2D eigenvalue weighted by Crippen LogP contribution is -2.07. The molecule has 0 fully saturated rings. The normalized spacial score (nSPS) is 10.6. The minimum absolute atomic E-state index is 0.387. The molecular formula is C15H16N2O3S. The number of carbonyl (C=O) groups excluding carboxylic acids is 1. The van der Waals surface area contributed by atoms with Gasteiger partial charge in [-0.2, -0.15) is 5.10 Å². The van der Waals surface area contributed by atoms with Crippen molar-refractivity contribution in [1.29, 1.82) is 0 Å². The number of hydrazone groups is 1. The summed E-state index contributed by atoms with van der Waals surface area (Å²) in [5, 5.41) is 7.67. The van der Waals surface area contributed by atoms with Gasteiger partial charge in [0.05, 0.1) is 13.3 Å². The van der Waals surface area contributed by atoms with Crippen LogP contribution in [0.15, 0.2) is 40.8 Å². The molecule has 110 valence electrons. The molecule has 0 atom stereocenters. The third-order valence-electron chi connectivity index (χ3n) is 2.55. The molecule has 5 nitrogen and oxygen atoms in total. The van der Waals surface area contributed by atoms with Crippen LogP contribution in [0.4, 0.5) is 0 Å². The van der Waals surface area contributed by atoms with Crippen molar-refractivity contribution >= 4 is 23.5 Å². The molecule has 1 heterocycles. The average Bonchev–Trinajstić information content (AvgIpc) is 3.00. The average molecular weight is 304 g/mol. The molecule has 0 aliphatic carbocycles. The highest BCUT2D eigenvalue weighted by Gasteiger charge is 2.13. The molecule has 0 aliphatic heterocycles. The summed E-state index contributed by atoms with van der Waals surface area (Å²) in [5.74, 6) is 0.485. The summed E-state index contributed by atoms with van der Waals surface area (Å²) in [6, 6.07) is 8.80. The monoisotopic (exact) mass is 304 g/mol. The van der Waals surface area contributed by atoms with Gasteiger partial charge in [-0.3, -0.25) is 0 Å². The van der Waals surface area contributed by atoms with E-state index < -0.39 is 5.97 Å². The van der Waals surface area contributed by atoms with Crippen LogP contribution in [-0.2, 0) is 0 Å². The van der Waals surface area contributed by atoms with Gasteiger partial charge in [-0.25, -0.2) is 4.79 Å². The molecule has 0 unspecified atom stereocenters. The third kappa shape index (κ3) is 4.06. The Kier molecular flexibility index (Phi) is 4.94. The highest BCUT2D eigenvalue weighted by atomic mass is 32.1. The Balaban J connectivity index is 2.18. The number of carbonyl (C=O) groups is 1. The number of esters is 1. The maximum Gasteiger partial charge on any atom is 0.353 e. The molecule has 0 amide bonds. The van der Waals surface area contributed by atoms with Gasteiger partial charge in [0, 0.05) is 14.1 Å². The lowest BCUT2D eigenvalue weighted by Gasteiger charge is -2.09. The Hall–Kier alpha value is -2.34. The molecule has 1 aromatic carbocycles.